The Morgan fingerprint density at radius 2 is 2.03 bits per heavy atom. The zero-order valence-electron chi connectivity index (χ0n) is 18.5. The summed E-state index contributed by atoms with van der Waals surface area (Å²) in [7, 11) is 0. The standard InChI is InChI=1S/C25H30FN3O3/c1-18(30)28-17-21-15-19(8-11-27-21)23-7-4-12-29(23)24(31)25(9-13-32-14-10-25)16-20-5-2-3-6-22(20)26/h2-3,5-6,8,11,15,23H,4,7,9-10,12-14,16-17H2,1H3,(H,28,30)/t23-/m0/s1. The van der Waals surface area contributed by atoms with E-state index in [-0.39, 0.29) is 23.7 Å². The molecule has 170 valence electrons. The Morgan fingerprint density at radius 1 is 1.25 bits per heavy atom. The molecule has 2 amide bonds. The van der Waals surface area contributed by atoms with Gasteiger partial charge in [-0.05, 0) is 61.4 Å². The minimum Gasteiger partial charge on any atom is -0.381 e. The van der Waals surface area contributed by atoms with Crippen LogP contribution in [0.5, 0.6) is 0 Å². The van der Waals surface area contributed by atoms with E-state index in [4.69, 9.17) is 4.74 Å². The number of likely N-dealkylation sites (tertiary alicyclic amines) is 1. The topological polar surface area (TPSA) is 71.5 Å². The third-order valence-corrected chi connectivity index (χ3v) is 6.65. The molecule has 1 atom stereocenters. The van der Waals surface area contributed by atoms with Gasteiger partial charge in [0.2, 0.25) is 11.8 Å². The van der Waals surface area contributed by atoms with Gasteiger partial charge in [-0.3, -0.25) is 14.6 Å². The van der Waals surface area contributed by atoms with Crippen molar-refractivity contribution in [2.75, 3.05) is 19.8 Å². The molecule has 7 heteroatoms. The number of pyridine rings is 1. The van der Waals surface area contributed by atoms with E-state index < -0.39 is 5.41 Å². The van der Waals surface area contributed by atoms with Gasteiger partial charge in [-0.25, -0.2) is 4.39 Å². The fraction of sp³-hybridized carbons (Fsp3) is 0.480. The number of ether oxygens (including phenoxy) is 1. The molecule has 0 aliphatic carbocycles. The summed E-state index contributed by atoms with van der Waals surface area (Å²) >= 11 is 0. The van der Waals surface area contributed by atoms with E-state index in [0.29, 0.717) is 51.1 Å². The highest BCUT2D eigenvalue weighted by molar-refractivity contribution is 5.84. The van der Waals surface area contributed by atoms with Crippen molar-refractivity contribution in [2.24, 2.45) is 5.41 Å². The average Bonchev–Trinajstić information content (AvgIpc) is 3.29. The minimum absolute atomic E-state index is 0.0399. The molecule has 2 fully saturated rings. The van der Waals surface area contributed by atoms with Gasteiger partial charge in [-0.1, -0.05) is 18.2 Å². The first-order chi connectivity index (χ1) is 15.5. The van der Waals surface area contributed by atoms with Crippen LogP contribution in [0.25, 0.3) is 0 Å². The van der Waals surface area contributed by atoms with Crippen molar-refractivity contribution < 1.29 is 18.7 Å². The number of halogens is 1. The highest BCUT2D eigenvalue weighted by Gasteiger charge is 2.45. The highest BCUT2D eigenvalue weighted by Crippen LogP contribution is 2.42. The lowest BCUT2D eigenvalue weighted by Crippen LogP contribution is -2.48. The lowest BCUT2D eigenvalue weighted by atomic mass is 9.73. The molecule has 0 radical (unpaired) electrons. The molecule has 0 spiro atoms. The average molecular weight is 440 g/mol. The van der Waals surface area contributed by atoms with E-state index >= 15 is 0 Å². The Labute approximate surface area is 188 Å². The molecular formula is C25H30FN3O3. The van der Waals surface area contributed by atoms with Crippen LogP contribution in [-0.4, -0.2) is 41.5 Å². The van der Waals surface area contributed by atoms with Gasteiger partial charge in [0.05, 0.1) is 23.7 Å². The Morgan fingerprint density at radius 3 is 2.78 bits per heavy atom. The summed E-state index contributed by atoms with van der Waals surface area (Å²) in [5, 5.41) is 2.77. The number of benzene rings is 1. The van der Waals surface area contributed by atoms with Crippen molar-refractivity contribution in [1.82, 2.24) is 15.2 Å². The van der Waals surface area contributed by atoms with Crippen LogP contribution in [0.4, 0.5) is 4.39 Å². The number of carbonyl (C=O) groups is 2. The molecule has 1 aromatic heterocycles. The monoisotopic (exact) mass is 439 g/mol. The number of nitrogens with zero attached hydrogens (tertiary/aromatic N) is 2. The van der Waals surface area contributed by atoms with Crippen LogP contribution in [0.3, 0.4) is 0 Å². The summed E-state index contributed by atoms with van der Waals surface area (Å²) in [6.45, 7) is 3.54. The number of carbonyl (C=O) groups excluding carboxylic acids is 2. The molecule has 2 aliphatic heterocycles. The molecule has 1 N–H and O–H groups in total. The molecule has 4 rings (SSSR count). The van der Waals surface area contributed by atoms with Gasteiger partial charge in [-0.15, -0.1) is 0 Å². The lowest BCUT2D eigenvalue weighted by Gasteiger charge is -2.40. The summed E-state index contributed by atoms with van der Waals surface area (Å²) in [6, 6.07) is 10.6. The largest absolute Gasteiger partial charge is 0.381 e. The third kappa shape index (κ3) is 4.83. The molecule has 2 saturated heterocycles. The van der Waals surface area contributed by atoms with Crippen LogP contribution in [0, 0.1) is 11.2 Å². The van der Waals surface area contributed by atoms with E-state index in [1.807, 2.05) is 23.1 Å². The van der Waals surface area contributed by atoms with Gasteiger partial charge >= 0.3 is 0 Å². The van der Waals surface area contributed by atoms with Crippen molar-refractivity contribution in [1.29, 1.82) is 0 Å². The second-order valence-corrected chi connectivity index (χ2v) is 8.81. The van der Waals surface area contributed by atoms with E-state index in [0.717, 1.165) is 24.1 Å². The zero-order chi connectivity index (χ0) is 22.6. The molecular weight excluding hydrogens is 409 g/mol. The Balaban J connectivity index is 1.59. The first-order valence-electron chi connectivity index (χ1n) is 11.3. The number of amides is 2. The van der Waals surface area contributed by atoms with E-state index in [9.17, 15) is 14.0 Å². The Hall–Kier alpha value is -2.80. The zero-order valence-corrected chi connectivity index (χ0v) is 18.5. The van der Waals surface area contributed by atoms with Gasteiger partial charge < -0.3 is 15.0 Å². The maximum absolute atomic E-state index is 14.5. The van der Waals surface area contributed by atoms with Crippen LogP contribution >= 0.6 is 0 Å². The summed E-state index contributed by atoms with van der Waals surface area (Å²) in [6.07, 6.45) is 5.10. The minimum atomic E-state index is -0.658. The molecule has 0 saturated carbocycles. The molecule has 2 aliphatic rings. The molecule has 6 nitrogen and oxygen atoms in total. The third-order valence-electron chi connectivity index (χ3n) is 6.65. The predicted molar refractivity (Wildman–Crippen MR) is 118 cm³/mol. The van der Waals surface area contributed by atoms with Crippen LogP contribution in [0.2, 0.25) is 0 Å². The fourth-order valence-corrected chi connectivity index (χ4v) is 4.91. The molecule has 0 bridgehead atoms. The van der Waals surface area contributed by atoms with Crippen molar-refractivity contribution >= 4 is 11.8 Å². The maximum Gasteiger partial charge on any atom is 0.229 e. The number of rotatable bonds is 6. The number of hydrogen-bond acceptors (Lipinski definition) is 4. The van der Waals surface area contributed by atoms with Crippen molar-refractivity contribution in [2.45, 2.75) is 51.6 Å². The van der Waals surface area contributed by atoms with Crippen molar-refractivity contribution in [3.63, 3.8) is 0 Å². The predicted octanol–water partition coefficient (Wildman–Crippen LogP) is 3.56. The molecule has 32 heavy (non-hydrogen) atoms. The van der Waals surface area contributed by atoms with Gasteiger partial charge in [0.25, 0.3) is 0 Å². The number of hydrogen-bond donors (Lipinski definition) is 1. The number of nitrogens with one attached hydrogen (secondary N) is 1. The molecule has 3 heterocycles. The van der Waals surface area contributed by atoms with Crippen LogP contribution in [-0.2, 0) is 27.3 Å². The SMILES string of the molecule is CC(=O)NCc1cc([C@@H]2CCCN2C(=O)C2(Cc3ccccc3F)CCOCC2)ccn1. The second kappa shape index (κ2) is 9.77. The summed E-state index contributed by atoms with van der Waals surface area (Å²) in [5.74, 6) is -0.280. The smallest absolute Gasteiger partial charge is 0.229 e. The number of aromatic nitrogens is 1. The van der Waals surface area contributed by atoms with Crippen molar-refractivity contribution in [3.05, 3.63) is 65.2 Å². The second-order valence-electron chi connectivity index (χ2n) is 8.81. The Kier molecular flexibility index (Phi) is 6.84. The fourth-order valence-electron chi connectivity index (χ4n) is 4.91. The summed E-state index contributed by atoms with van der Waals surface area (Å²) in [4.78, 5) is 31.6. The molecule has 0 unspecified atom stereocenters. The molecule has 2 aromatic rings. The van der Waals surface area contributed by atoms with Crippen LogP contribution in [0.1, 0.15) is 55.5 Å². The Bertz CT molecular complexity index is 974. The van der Waals surface area contributed by atoms with Gasteiger partial charge in [0.1, 0.15) is 5.82 Å². The molecule has 1 aromatic carbocycles. The van der Waals surface area contributed by atoms with Gasteiger partial charge in [0.15, 0.2) is 0 Å². The quantitative estimate of drug-likeness (QED) is 0.747. The maximum atomic E-state index is 14.5. The van der Waals surface area contributed by atoms with Crippen LogP contribution in [0.15, 0.2) is 42.6 Å². The van der Waals surface area contributed by atoms with Gasteiger partial charge in [-0.2, -0.15) is 0 Å². The summed E-state index contributed by atoms with van der Waals surface area (Å²) < 4.78 is 20.0. The van der Waals surface area contributed by atoms with E-state index in [1.54, 1.807) is 18.3 Å². The highest BCUT2D eigenvalue weighted by atomic mass is 19.1. The summed E-state index contributed by atoms with van der Waals surface area (Å²) in [5.41, 5.74) is 1.72. The first-order valence-corrected chi connectivity index (χ1v) is 11.3. The van der Waals surface area contributed by atoms with Crippen molar-refractivity contribution in [3.8, 4) is 0 Å². The van der Waals surface area contributed by atoms with E-state index in [1.165, 1.54) is 13.0 Å². The lowest BCUT2D eigenvalue weighted by molar-refractivity contribution is -0.149. The van der Waals surface area contributed by atoms with Crippen LogP contribution < -0.4 is 5.32 Å². The first kappa shape index (κ1) is 22.4. The van der Waals surface area contributed by atoms with E-state index in [2.05, 4.69) is 10.3 Å². The van der Waals surface area contributed by atoms with Gasteiger partial charge in [0, 0.05) is 32.9 Å². The normalized spacial score (nSPS) is 20.2.